The fourth-order valence-corrected chi connectivity index (χ4v) is 2.89. The Morgan fingerprint density at radius 2 is 1.65 bits per heavy atom. The van der Waals surface area contributed by atoms with E-state index in [0.29, 0.717) is 0 Å². The first-order chi connectivity index (χ1) is 10.6. The Morgan fingerprint density at radius 3 is 2.04 bits per heavy atom. The number of carbonyl (C=O) groups excluding carboxylic acids is 1. The van der Waals surface area contributed by atoms with Crippen LogP contribution in [0, 0.1) is 0 Å². The highest BCUT2D eigenvalue weighted by Gasteiger charge is 2.32. The minimum absolute atomic E-state index is 0.0712. The molecule has 0 saturated carbocycles. The number of aliphatic hydroxyl groups excluding tert-OH is 5. The molecule has 0 aliphatic carbocycles. The van der Waals surface area contributed by atoms with Crippen molar-refractivity contribution in [1.29, 1.82) is 0 Å². The van der Waals surface area contributed by atoms with E-state index in [2.05, 4.69) is 5.32 Å². The molecule has 0 aromatic heterocycles. The van der Waals surface area contributed by atoms with Gasteiger partial charge in [0.15, 0.2) is 0 Å². The van der Waals surface area contributed by atoms with Gasteiger partial charge in [-0.25, -0.2) is 8.42 Å². The van der Waals surface area contributed by atoms with Crippen molar-refractivity contribution in [3.63, 3.8) is 0 Å². The smallest absolute Gasteiger partial charge is 0.235 e. The topological polar surface area (TPSA) is 168 Å². The Morgan fingerprint density at radius 1 is 1.09 bits per heavy atom. The molecule has 0 fully saturated rings. The summed E-state index contributed by atoms with van der Waals surface area (Å²) in [6.45, 7) is 0.983. The number of nitrogens with zero attached hydrogens (tertiary/aromatic N) is 1. The van der Waals surface area contributed by atoms with Gasteiger partial charge in [0, 0.05) is 6.54 Å². The van der Waals surface area contributed by atoms with E-state index in [9.17, 15) is 33.6 Å². The van der Waals surface area contributed by atoms with Gasteiger partial charge in [0.05, 0.1) is 31.6 Å². The predicted octanol–water partition coefficient (Wildman–Crippen LogP) is -3.79. The zero-order valence-corrected chi connectivity index (χ0v) is 14.0. The van der Waals surface area contributed by atoms with Crippen LogP contribution >= 0.6 is 0 Å². The van der Waals surface area contributed by atoms with Crippen LogP contribution in [0.3, 0.4) is 0 Å². The van der Waals surface area contributed by atoms with E-state index in [1.165, 1.54) is 6.92 Å². The lowest BCUT2D eigenvalue weighted by Crippen LogP contribution is -2.55. The van der Waals surface area contributed by atoms with Crippen LogP contribution in [0.5, 0.6) is 0 Å². The molecule has 0 aliphatic rings. The second-order valence-corrected chi connectivity index (χ2v) is 7.17. The van der Waals surface area contributed by atoms with Crippen LogP contribution in [0.4, 0.5) is 0 Å². The summed E-state index contributed by atoms with van der Waals surface area (Å²) in [6, 6.07) is -1.33. The molecule has 0 aromatic carbocycles. The summed E-state index contributed by atoms with van der Waals surface area (Å²) in [5, 5.41) is 48.7. The summed E-state index contributed by atoms with van der Waals surface area (Å²) >= 11 is 0. The van der Waals surface area contributed by atoms with Crippen molar-refractivity contribution in [1.82, 2.24) is 9.62 Å². The summed E-state index contributed by atoms with van der Waals surface area (Å²) in [4.78, 5) is 11.9. The second kappa shape index (κ2) is 10.1. The largest absolute Gasteiger partial charge is 0.394 e. The molecule has 0 radical (unpaired) electrons. The van der Waals surface area contributed by atoms with Crippen molar-refractivity contribution in [3.05, 3.63) is 0 Å². The molecular formula is C12H26N2O8S. The number of carbonyl (C=O) groups is 1. The van der Waals surface area contributed by atoms with E-state index in [0.717, 1.165) is 4.31 Å². The summed E-state index contributed by atoms with van der Waals surface area (Å²) in [5.41, 5.74) is 0. The van der Waals surface area contributed by atoms with Crippen molar-refractivity contribution in [3.8, 4) is 0 Å². The molecule has 0 aromatic rings. The van der Waals surface area contributed by atoms with Gasteiger partial charge in [0.25, 0.3) is 0 Å². The normalized spacial score (nSPS) is 17.6. The first-order valence-electron chi connectivity index (χ1n) is 7.17. The van der Waals surface area contributed by atoms with Gasteiger partial charge in [0.1, 0.15) is 18.3 Å². The molecule has 0 spiro atoms. The molecule has 4 atom stereocenters. The Labute approximate surface area is 135 Å². The van der Waals surface area contributed by atoms with E-state index in [-0.39, 0.29) is 12.3 Å². The number of amides is 1. The van der Waals surface area contributed by atoms with Gasteiger partial charge >= 0.3 is 0 Å². The minimum Gasteiger partial charge on any atom is -0.394 e. The maximum absolute atomic E-state index is 11.9. The van der Waals surface area contributed by atoms with Crippen molar-refractivity contribution in [2.45, 2.75) is 38.2 Å². The van der Waals surface area contributed by atoms with Crippen molar-refractivity contribution < 1.29 is 38.7 Å². The van der Waals surface area contributed by atoms with E-state index in [4.69, 9.17) is 5.11 Å². The lowest BCUT2D eigenvalue weighted by molar-refractivity contribution is -0.126. The summed E-state index contributed by atoms with van der Waals surface area (Å²) in [6.07, 6.45) is -5.19. The third-order valence-corrected chi connectivity index (χ3v) is 5.22. The van der Waals surface area contributed by atoms with Gasteiger partial charge in [-0.15, -0.1) is 0 Å². The zero-order chi connectivity index (χ0) is 18.2. The highest BCUT2D eigenvalue weighted by atomic mass is 32.2. The van der Waals surface area contributed by atoms with Crippen LogP contribution in [-0.2, 0) is 14.8 Å². The Bertz CT molecular complexity index is 458. The fraction of sp³-hybridized carbons (Fsp3) is 0.917. The molecule has 0 aliphatic heterocycles. The van der Waals surface area contributed by atoms with E-state index in [1.54, 1.807) is 6.92 Å². The molecule has 1 amide bonds. The first-order valence-corrected chi connectivity index (χ1v) is 8.78. The lowest BCUT2D eigenvalue weighted by atomic mass is 10.0. The van der Waals surface area contributed by atoms with Gasteiger partial charge in [-0.2, -0.15) is 4.31 Å². The maximum Gasteiger partial charge on any atom is 0.235 e. The Balaban J connectivity index is 4.84. The molecule has 23 heavy (non-hydrogen) atoms. The highest BCUT2D eigenvalue weighted by molar-refractivity contribution is 7.89. The molecule has 0 bridgehead atoms. The van der Waals surface area contributed by atoms with Crippen molar-refractivity contribution >= 4 is 15.9 Å². The number of sulfonamides is 1. The second-order valence-electron chi connectivity index (χ2n) is 4.91. The van der Waals surface area contributed by atoms with Crippen LogP contribution in [-0.4, -0.2) is 101 Å². The molecule has 11 heteroatoms. The van der Waals surface area contributed by atoms with Gasteiger partial charge in [-0.3, -0.25) is 4.79 Å². The van der Waals surface area contributed by atoms with E-state index < -0.39 is 60.0 Å². The van der Waals surface area contributed by atoms with Crippen molar-refractivity contribution in [2.75, 3.05) is 32.1 Å². The average Bonchev–Trinajstić information content (AvgIpc) is 2.54. The number of rotatable bonds is 11. The number of hydrogen-bond donors (Lipinski definition) is 6. The van der Waals surface area contributed by atoms with Crippen LogP contribution in [0.15, 0.2) is 0 Å². The van der Waals surface area contributed by atoms with E-state index in [1.807, 2.05) is 0 Å². The summed E-state index contributed by atoms with van der Waals surface area (Å²) in [5.74, 6) is -0.964. The molecule has 0 heterocycles. The standard InChI is InChI=1S/C12H26N2O8S/c1-3-14(23(21,22)4-2)5-10(18)13-8(6-15)11(19)12(20)9(17)7-16/h8-9,11-12,15-17,19-20H,3-7H2,1-2H3,(H,13,18). The molecule has 138 valence electrons. The molecule has 0 rings (SSSR count). The highest BCUT2D eigenvalue weighted by Crippen LogP contribution is 2.06. The van der Waals surface area contributed by atoms with Crippen LogP contribution in [0.2, 0.25) is 0 Å². The molecule has 4 unspecified atom stereocenters. The third kappa shape index (κ3) is 6.67. The zero-order valence-electron chi connectivity index (χ0n) is 13.2. The monoisotopic (exact) mass is 358 g/mol. The number of nitrogens with one attached hydrogen (secondary N) is 1. The number of hydrogen-bond acceptors (Lipinski definition) is 8. The van der Waals surface area contributed by atoms with Gasteiger partial charge < -0.3 is 30.8 Å². The third-order valence-electron chi connectivity index (χ3n) is 3.32. The lowest BCUT2D eigenvalue weighted by Gasteiger charge is -2.29. The van der Waals surface area contributed by atoms with E-state index >= 15 is 0 Å². The fourth-order valence-electron chi connectivity index (χ4n) is 1.81. The summed E-state index contributed by atoms with van der Waals surface area (Å²) in [7, 11) is -3.58. The van der Waals surface area contributed by atoms with Gasteiger partial charge in [-0.05, 0) is 6.92 Å². The average molecular weight is 358 g/mol. The van der Waals surface area contributed by atoms with Crippen LogP contribution in [0.25, 0.3) is 0 Å². The number of aliphatic hydroxyl groups is 5. The SMILES string of the molecule is CCN(CC(=O)NC(CO)C(O)C(O)C(O)CO)S(=O)(=O)CC. The number of likely N-dealkylation sites (N-methyl/N-ethyl adjacent to an activating group) is 1. The van der Waals surface area contributed by atoms with Crippen molar-refractivity contribution in [2.24, 2.45) is 0 Å². The first kappa shape index (κ1) is 22.2. The minimum atomic E-state index is -3.58. The summed E-state index contributed by atoms with van der Waals surface area (Å²) < 4.78 is 24.4. The quantitative estimate of drug-likeness (QED) is 0.219. The van der Waals surface area contributed by atoms with Crippen LogP contribution in [0.1, 0.15) is 13.8 Å². The molecule has 0 saturated heterocycles. The van der Waals surface area contributed by atoms with Gasteiger partial charge in [-0.1, -0.05) is 6.92 Å². The molecular weight excluding hydrogens is 332 g/mol. The Kier molecular flexibility index (Phi) is 9.77. The Hall–Kier alpha value is -0.820. The van der Waals surface area contributed by atoms with Gasteiger partial charge in [0.2, 0.25) is 15.9 Å². The predicted molar refractivity (Wildman–Crippen MR) is 80.8 cm³/mol. The molecule has 6 N–H and O–H groups in total. The molecule has 10 nitrogen and oxygen atoms in total. The maximum atomic E-state index is 11.9. The van der Waals surface area contributed by atoms with Crippen LogP contribution < -0.4 is 5.32 Å².